The largest absolute Gasteiger partial charge is 0.322 e. The number of nitrogens with one attached hydrogen (secondary N) is 1. The molecule has 2 aromatic carbocycles. The zero-order valence-corrected chi connectivity index (χ0v) is 18.6. The molecule has 1 amide bonds. The highest BCUT2D eigenvalue weighted by Gasteiger charge is 2.21. The molecule has 0 bridgehead atoms. The highest BCUT2D eigenvalue weighted by Crippen LogP contribution is 2.27. The van der Waals surface area contributed by atoms with Gasteiger partial charge < -0.3 is 5.32 Å². The van der Waals surface area contributed by atoms with Crippen LogP contribution in [0.4, 0.5) is 5.69 Å². The van der Waals surface area contributed by atoms with E-state index < -0.39 is 10.0 Å². The Balaban J connectivity index is 2.14. The summed E-state index contributed by atoms with van der Waals surface area (Å²) in [6, 6.07) is 12.5. The van der Waals surface area contributed by atoms with Crippen molar-refractivity contribution in [3.8, 4) is 0 Å². The first-order chi connectivity index (χ1) is 13.7. The molecule has 0 heterocycles. The Morgan fingerprint density at radius 2 is 1.69 bits per heavy atom. The standard InChI is InChI=1S/C23H30N2O3S/c1-6-25(7-2)29(27,28)20-14-11-19(12-15-20)13-16-22(26)24-23-18(5)9-8-10-21(23)17(3)4/h8-17H,6-7H2,1-5H3,(H,24,26)/b16-13+. The molecule has 0 aromatic heterocycles. The third kappa shape index (κ3) is 5.55. The van der Waals surface area contributed by atoms with Crippen molar-refractivity contribution in [2.24, 2.45) is 0 Å². The number of anilines is 1. The lowest BCUT2D eigenvalue weighted by Gasteiger charge is -2.18. The minimum Gasteiger partial charge on any atom is -0.322 e. The van der Waals surface area contributed by atoms with E-state index in [1.165, 1.54) is 10.4 Å². The predicted molar refractivity (Wildman–Crippen MR) is 119 cm³/mol. The second-order valence-electron chi connectivity index (χ2n) is 7.17. The van der Waals surface area contributed by atoms with Crippen molar-refractivity contribution in [1.29, 1.82) is 0 Å². The second-order valence-corrected chi connectivity index (χ2v) is 9.11. The Morgan fingerprint density at radius 1 is 1.07 bits per heavy atom. The van der Waals surface area contributed by atoms with Gasteiger partial charge in [0.2, 0.25) is 15.9 Å². The molecule has 0 aliphatic heterocycles. The van der Waals surface area contributed by atoms with Crippen LogP contribution in [0, 0.1) is 6.92 Å². The fourth-order valence-electron chi connectivity index (χ4n) is 3.14. The minimum absolute atomic E-state index is 0.221. The van der Waals surface area contributed by atoms with Crippen LogP contribution in [-0.4, -0.2) is 31.7 Å². The fraction of sp³-hybridized carbons (Fsp3) is 0.348. The number of carbonyl (C=O) groups excluding carboxylic acids is 1. The molecule has 2 aromatic rings. The van der Waals surface area contributed by atoms with Crippen molar-refractivity contribution in [2.45, 2.75) is 45.4 Å². The lowest BCUT2D eigenvalue weighted by molar-refractivity contribution is -0.111. The van der Waals surface area contributed by atoms with E-state index in [0.717, 1.165) is 22.4 Å². The van der Waals surface area contributed by atoms with Gasteiger partial charge in [-0.25, -0.2) is 8.42 Å². The number of amides is 1. The number of hydrogen-bond donors (Lipinski definition) is 1. The number of sulfonamides is 1. The van der Waals surface area contributed by atoms with Gasteiger partial charge in [-0.05, 0) is 47.7 Å². The van der Waals surface area contributed by atoms with Crippen molar-refractivity contribution in [3.63, 3.8) is 0 Å². The molecule has 0 spiro atoms. The first kappa shape index (κ1) is 22.8. The Kier molecular flexibility index (Phi) is 7.76. The molecule has 1 N–H and O–H groups in total. The normalized spacial score (nSPS) is 12.1. The van der Waals surface area contributed by atoms with E-state index in [1.54, 1.807) is 30.3 Å². The molecule has 0 fully saturated rings. The first-order valence-corrected chi connectivity index (χ1v) is 11.3. The summed E-state index contributed by atoms with van der Waals surface area (Å²) < 4.78 is 26.5. The molecule has 156 valence electrons. The van der Waals surface area contributed by atoms with Gasteiger partial charge in [-0.2, -0.15) is 4.31 Å². The van der Waals surface area contributed by atoms with Crippen LogP contribution in [0.3, 0.4) is 0 Å². The van der Waals surface area contributed by atoms with Crippen LogP contribution in [0.2, 0.25) is 0 Å². The first-order valence-electron chi connectivity index (χ1n) is 9.89. The highest BCUT2D eigenvalue weighted by atomic mass is 32.2. The molecule has 0 saturated heterocycles. The average molecular weight is 415 g/mol. The summed E-state index contributed by atoms with van der Waals surface area (Å²) in [5.74, 6) is 0.0792. The van der Waals surface area contributed by atoms with Gasteiger partial charge in [0, 0.05) is 24.9 Å². The van der Waals surface area contributed by atoms with Crippen molar-refractivity contribution >= 4 is 27.7 Å². The molecule has 2 rings (SSSR count). The van der Waals surface area contributed by atoms with Gasteiger partial charge in [0.05, 0.1) is 4.90 Å². The smallest absolute Gasteiger partial charge is 0.248 e. The van der Waals surface area contributed by atoms with Crippen LogP contribution in [0.15, 0.2) is 53.4 Å². The topological polar surface area (TPSA) is 66.5 Å². The number of para-hydroxylation sites is 1. The summed E-state index contributed by atoms with van der Waals surface area (Å²) in [6.07, 6.45) is 3.14. The van der Waals surface area contributed by atoms with Crippen LogP contribution in [0.5, 0.6) is 0 Å². The molecule has 29 heavy (non-hydrogen) atoms. The molecule has 5 nitrogen and oxygen atoms in total. The number of aryl methyl sites for hydroxylation is 1. The van der Waals surface area contributed by atoms with E-state index in [4.69, 9.17) is 0 Å². The summed E-state index contributed by atoms with van der Waals surface area (Å²) in [5.41, 5.74) is 3.71. The Hall–Kier alpha value is -2.44. The summed E-state index contributed by atoms with van der Waals surface area (Å²) in [4.78, 5) is 12.7. The zero-order chi connectivity index (χ0) is 21.6. The summed E-state index contributed by atoms with van der Waals surface area (Å²) in [7, 11) is -3.48. The molecule has 0 aliphatic rings. The number of rotatable bonds is 8. The number of nitrogens with zero attached hydrogens (tertiary/aromatic N) is 1. The molecule has 0 unspecified atom stereocenters. The molecule has 6 heteroatoms. The van der Waals surface area contributed by atoms with Gasteiger partial charge in [-0.3, -0.25) is 4.79 Å². The third-order valence-corrected chi connectivity index (χ3v) is 6.89. The Morgan fingerprint density at radius 3 is 2.24 bits per heavy atom. The minimum atomic E-state index is -3.48. The maximum Gasteiger partial charge on any atom is 0.248 e. The van der Waals surface area contributed by atoms with Gasteiger partial charge in [0.15, 0.2) is 0 Å². The average Bonchev–Trinajstić information content (AvgIpc) is 2.68. The van der Waals surface area contributed by atoms with Crippen LogP contribution in [0.1, 0.15) is 50.3 Å². The molecular weight excluding hydrogens is 384 g/mol. The van der Waals surface area contributed by atoms with Gasteiger partial charge in [-0.1, -0.05) is 58.0 Å². The monoisotopic (exact) mass is 414 g/mol. The number of carbonyl (C=O) groups is 1. The predicted octanol–water partition coefficient (Wildman–Crippen LogP) is 4.80. The van der Waals surface area contributed by atoms with Crippen molar-refractivity contribution in [1.82, 2.24) is 4.31 Å². The molecular formula is C23H30N2O3S. The Labute approximate surface area is 174 Å². The number of benzene rings is 2. The van der Waals surface area contributed by atoms with Crippen LogP contribution in [-0.2, 0) is 14.8 Å². The van der Waals surface area contributed by atoms with Crippen LogP contribution >= 0.6 is 0 Å². The van der Waals surface area contributed by atoms with Crippen molar-refractivity contribution < 1.29 is 13.2 Å². The van der Waals surface area contributed by atoms with E-state index in [9.17, 15) is 13.2 Å². The maximum atomic E-state index is 12.5. The van der Waals surface area contributed by atoms with Gasteiger partial charge in [-0.15, -0.1) is 0 Å². The van der Waals surface area contributed by atoms with Gasteiger partial charge >= 0.3 is 0 Å². The lowest BCUT2D eigenvalue weighted by Crippen LogP contribution is -2.30. The van der Waals surface area contributed by atoms with Crippen molar-refractivity contribution in [3.05, 3.63) is 65.2 Å². The lowest BCUT2D eigenvalue weighted by atomic mass is 9.98. The van der Waals surface area contributed by atoms with Gasteiger partial charge in [0.1, 0.15) is 0 Å². The summed E-state index contributed by atoms with van der Waals surface area (Å²) >= 11 is 0. The Bertz CT molecular complexity index is 974. The molecule has 0 atom stereocenters. The number of hydrogen-bond acceptors (Lipinski definition) is 3. The molecule has 0 radical (unpaired) electrons. The van der Waals surface area contributed by atoms with E-state index >= 15 is 0 Å². The van der Waals surface area contributed by atoms with Crippen LogP contribution in [0.25, 0.3) is 6.08 Å². The summed E-state index contributed by atoms with van der Waals surface area (Å²) in [6.45, 7) is 10.6. The SMILES string of the molecule is CCN(CC)S(=O)(=O)c1ccc(/C=C/C(=O)Nc2c(C)cccc2C(C)C)cc1. The maximum absolute atomic E-state index is 12.5. The molecule has 0 saturated carbocycles. The fourth-order valence-corrected chi connectivity index (χ4v) is 4.60. The third-order valence-electron chi connectivity index (χ3n) is 4.83. The zero-order valence-electron chi connectivity index (χ0n) is 17.8. The van der Waals surface area contributed by atoms with E-state index in [2.05, 4.69) is 19.2 Å². The van der Waals surface area contributed by atoms with E-state index in [0.29, 0.717) is 19.0 Å². The van der Waals surface area contributed by atoms with Gasteiger partial charge in [0.25, 0.3) is 0 Å². The summed E-state index contributed by atoms with van der Waals surface area (Å²) in [5, 5.41) is 2.97. The van der Waals surface area contributed by atoms with E-state index in [1.807, 2.05) is 39.0 Å². The second kappa shape index (κ2) is 9.85. The quantitative estimate of drug-likeness (QED) is 0.631. The van der Waals surface area contributed by atoms with E-state index in [-0.39, 0.29) is 10.8 Å². The highest BCUT2D eigenvalue weighted by molar-refractivity contribution is 7.89. The molecule has 0 aliphatic carbocycles. The van der Waals surface area contributed by atoms with Crippen LogP contribution < -0.4 is 5.32 Å². The van der Waals surface area contributed by atoms with Crippen molar-refractivity contribution in [2.75, 3.05) is 18.4 Å².